The van der Waals surface area contributed by atoms with Crippen molar-refractivity contribution >= 4 is 0 Å². The fraction of sp³-hybridized carbons (Fsp3) is 0.647. The van der Waals surface area contributed by atoms with Crippen LogP contribution in [0.15, 0.2) is 24.3 Å². The molecule has 1 nitrogen and oxygen atoms in total. The molecule has 0 saturated heterocycles. The highest BCUT2D eigenvalue weighted by Crippen LogP contribution is 2.41. The van der Waals surface area contributed by atoms with Crippen molar-refractivity contribution in [1.29, 1.82) is 0 Å². The molecule has 1 N–H and O–H groups in total. The maximum Gasteiger partial charge on any atom is 0.0323 e. The van der Waals surface area contributed by atoms with Crippen LogP contribution in [-0.2, 0) is 5.41 Å². The number of fused-ring (bicyclic) bond motifs is 1. The molecule has 0 spiro atoms. The van der Waals surface area contributed by atoms with E-state index in [0.29, 0.717) is 11.5 Å². The predicted molar refractivity (Wildman–Crippen MR) is 76.8 cm³/mol. The SMILES string of the molecule is CC1(C)CCC(NCCC2CC2)c2ccccc21. The Kier molecular flexibility index (Phi) is 3.19. The van der Waals surface area contributed by atoms with Crippen LogP contribution in [0, 0.1) is 5.92 Å². The van der Waals surface area contributed by atoms with Gasteiger partial charge in [-0.3, -0.25) is 0 Å². The van der Waals surface area contributed by atoms with Crippen LogP contribution in [-0.4, -0.2) is 6.54 Å². The lowest BCUT2D eigenvalue weighted by Gasteiger charge is -2.37. The average molecular weight is 243 g/mol. The third kappa shape index (κ3) is 2.47. The summed E-state index contributed by atoms with van der Waals surface area (Å²) in [4.78, 5) is 0. The van der Waals surface area contributed by atoms with Gasteiger partial charge in [0.15, 0.2) is 0 Å². The Bertz CT molecular complexity index is 417. The molecule has 0 aromatic heterocycles. The molecule has 2 aliphatic rings. The normalized spacial score (nSPS) is 25.8. The quantitative estimate of drug-likeness (QED) is 0.836. The minimum Gasteiger partial charge on any atom is -0.310 e. The van der Waals surface area contributed by atoms with Crippen molar-refractivity contribution in [2.24, 2.45) is 5.92 Å². The van der Waals surface area contributed by atoms with Gasteiger partial charge in [-0.05, 0) is 48.3 Å². The third-order valence-electron chi connectivity index (χ3n) is 4.76. The Balaban J connectivity index is 1.72. The van der Waals surface area contributed by atoms with E-state index in [-0.39, 0.29) is 0 Å². The topological polar surface area (TPSA) is 12.0 Å². The van der Waals surface area contributed by atoms with Crippen molar-refractivity contribution in [2.75, 3.05) is 6.54 Å². The van der Waals surface area contributed by atoms with Crippen LogP contribution in [0.25, 0.3) is 0 Å². The van der Waals surface area contributed by atoms with Crippen LogP contribution >= 0.6 is 0 Å². The van der Waals surface area contributed by atoms with Crippen LogP contribution in [0.4, 0.5) is 0 Å². The van der Waals surface area contributed by atoms with Crippen LogP contribution in [0.5, 0.6) is 0 Å². The van der Waals surface area contributed by atoms with Gasteiger partial charge in [-0.15, -0.1) is 0 Å². The van der Waals surface area contributed by atoms with E-state index in [1.54, 1.807) is 11.1 Å². The van der Waals surface area contributed by atoms with Crippen molar-refractivity contribution in [2.45, 2.75) is 57.4 Å². The summed E-state index contributed by atoms with van der Waals surface area (Å²) in [5.41, 5.74) is 3.45. The smallest absolute Gasteiger partial charge is 0.0323 e. The van der Waals surface area contributed by atoms with Crippen molar-refractivity contribution in [3.05, 3.63) is 35.4 Å². The van der Waals surface area contributed by atoms with Crippen molar-refractivity contribution < 1.29 is 0 Å². The number of rotatable bonds is 4. The third-order valence-corrected chi connectivity index (χ3v) is 4.76. The molecule has 98 valence electrons. The highest BCUT2D eigenvalue weighted by Gasteiger charge is 2.32. The van der Waals surface area contributed by atoms with Crippen LogP contribution < -0.4 is 5.32 Å². The molecule has 1 fully saturated rings. The summed E-state index contributed by atoms with van der Waals surface area (Å²) in [5.74, 6) is 1.03. The van der Waals surface area contributed by atoms with Crippen LogP contribution in [0.3, 0.4) is 0 Å². The van der Waals surface area contributed by atoms with Gasteiger partial charge in [0, 0.05) is 6.04 Å². The lowest BCUT2D eigenvalue weighted by Crippen LogP contribution is -2.33. The Hall–Kier alpha value is -0.820. The first kappa shape index (κ1) is 12.2. The minimum absolute atomic E-state index is 0.352. The van der Waals surface area contributed by atoms with E-state index in [9.17, 15) is 0 Å². The summed E-state index contributed by atoms with van der Waals surface area (Å²) < 4.78 is 0. The Morgan fingerprint density at radius 1 is 1.17 bits per heavy atom. The number of hydrogen-bond donors (Lipinski definition) is 1. The molecular weight excluding hydrogens is 218 g/mol. The molecule has 1 aromatic rings. The van der Waals surface area contributed by atoms with Gasteiger partial charge in [-0.1, -0.05) is 51.0 Å². The highest BCUT2D eigenvalue weighted by atomic mass is 14.9. The molecule has 18 heavy (non-hydrogen) atoms. The second-order valence-corrected chi connectivity index (χ2v) is 6.75. The van der Waals surface area contributed by atoms with E-state index in [4.69, 9.17) is 0 Å². The zero-order chi connectivity index (χ0) is 12.6. The first-order valence-corrected chi connectivity index (χ1v) is 7.49. The molecule has 1 saturated carbocycles. The second kappa shape index (κ2) is 4.70. The van der Waals surface area contributed by atoms with Gasteiger partial charge in [-0.25, -0.2) is 0 Å². The first-order chi connectivity index (χ1) is 8.67. The zero-order valence-electron chi connectivity index (χ0n) is 11.7. The molecule has 0 bridgehead atoms. The molecule has 2 aliphatic carbocycles. The molecule has 0 aliphatic heterocycles. The van der Waals surface area contributed by atoms with Gasteiger partial charge in [0.2, 0.25) is 0 Å². The largest absolute Gasteiger partial charge is 0.310 e. The Morgan fingerprint density at radius 3 is 2.72 bits per heavy atom. The number of benzene rings is 1. The zero-order valence-corrected chi connectivity index (χ0v) is 11.7. The molecular formula is C17H25N. The van der Waals surface area contributed by atoms with E-state index in [0.717, 1.165) is 5.92 Å². The fourth-order valence-corrected chi connectivity index (χ4v) is 3.29. The summed E-state index contributed by atoms with van der Waals surface area (Å²) in [6, 6.07) is 9.62. The van der Waals surface area contributed by atoms with Gasteiger partial charge >= 0.3 is 0 Å². The summed E-state index contributed by atoms with van der Waals surface area (Å²) in [5, 5.41) is 3.79. The highest BCUT2D eigenvalue weighted by molar-refractivity contribution is 5.38. The van der Waals surface area contributed by atoms with Crippen molar-refractivity contribution in [1.82, 2.24) is 5.32 Å². The van der Waals surface area contributed by atoms with E-state index >= 15 is 0 Å². The molecule has 1 unspecified atom stereocenters. The first-order valence-electron chi connectivity index (χ1n) is 7.49. The van der Waals surface area contributed by atoms with Gasteiger partial charge in [0.25, 0.3) is 0 Å². The summed E-state index contributed by atoms with van der Waals surface area (Å²) in [7, 11) is 0. The lowest BCUT2D eigenvalue weighted by atomic mass is 9.71. The Morgan fingerprint density at radius 2 is 1.94 bits per heavy atom. The van der Waals surface area contributed by atoms with E-state index in [1.165, 1.54) is 38.6 Å². The predicted octanol–water partition coefficient (Wildman–Crippen LogP) is 4.19. The van der Waals surface area contributed by atoms with Gasteiger partial charge < -0.3 is 5.32 Å². The van der Waals surface area contributed by atoms with Gasteiger partial charge in [0.1, 0.15) is 0 Å². The van der Waals surface area contributed by atoms with E-state index < -0.39 is 0 Å². The average Bonchev–Trinajstić information content (AvgIpc) is 3.17. The summed E-state index contributed by atoms with van der Waals surface area (Å²) >= 11 is 0. The minimum atomic E-state index is 0.352. The standard InChI is InChI=1S/C17H25N/c1-17(2)11-9-16(18-12-10-13-7-8-13)14-5-3-4-6-15(14)17/h3-6,13,16,18H,7-12H2,1-2H3. The Labute approximate surface area is 111 Å². The number of hydrogen-bond acceptors (Lipinski definition) is 1. The molecule has 3 rings (SSSR count). The second-order valence-electron chi connectivity index (χ2n) is 6.75. The van der Waals surface area contributed by atoms with Gasteiger partial charge in [-0.2, -0.15) is 0 Å². The molecule has 0 radical (unpaired) electrons. The van der Waals surface area contributed by atoms with Crippen molar-refractivity contribution in [3.8, 4) is 0 Å². The van der Waals surface area contributed by atoms with Crippen LogP contribution in [0.1, 0.15) is 63.1 Å². The number of nitrogens with one attached hydrogen (secondary N) is 1. The van der Waals surface area contributed by atoms with E-state index in [2.05, 4.69) is 43.4 Å². The molecule has 1 aromatic carbocycles. The summed E-state index contributed by atoms with van der Waals surface area (Å²) in [6.45, 7) is 5.96. The summed E-state index contributed by atoms with van der Waals surface area (Å²) in [6.07, 6.45) is 6.90. The molecule has 1 heteroatoms. The lowest BCUT2D eigenvalue weighted by molar-refractivity contribution is 0.356. The molecule has 0 amide bonds. The molecule has 1 atom stereocenters. The van der Waals surface area contributed by atoms with Gasteiger partial charge in [0.05, 0.1) is 0 Å². The van der Waals surface area contributed by atoms with Crippen molar-refractivity contribution in [3.63, 3.8) is 0 Å². The van der Waals surface area contributed by atoms with E-state index in [1.807, 2.05) is 0 Å². The maximum absolute atomic E-state index is 3.79. The maximum atomic E-state index is 3.79. The van der Waals surface area contributed by atoms with Crippen LogP contribution in [0.2, 0.25) is 0 Å². The monoisotopic (exact) mass is 243 g/mol. The fourth-order valence-electron chi connectivity index (χ4n) is 3.29. The molecule has 0 heterocycles.